The van der Waals surface area contributed by atoms with Crippen LogP contribution in [-0.4, -0.2) is 39.8 Å². The number of halogens is 1. The van der Waals surface area contributed by atoms with Gasteiger partial charge in [-0.3, -0.25) is 4.79 Å². The monoisotopic (exact) mass is 440 g/mol. The lowest BCUT2D eigenvalue weighted by Crippen LogP contribution is -2.39. The number of anilines is 1. The van der Waals surface area contributed by atoms with Crippen molar-refractivity contribution < 1.29 is 9.90 Å². The van der Waals surface area contributed by atoms with E-state index in [1.54, 1.807) is 0 Å². The molecule has 0 bridgehead atoms. The number of rotatable bonds is 4. The number of aromatic nitrogens is 2. The third-order valence-corrected chi connectivity index (χ3v) is 7.93. The highest BCUT2D eigenvalue weighted by Crippen LogP contribution is 2.49. The van der Waals surface area contributed by atoms with Crippen molar-refractivity contribution in [3.8, 4) is 0 Å². The molecule has 162 valence electrons. The lowest BCUT2D eigenvalue weighted by molar-refractivity contribution is 0.0695. The van der Waals surface area contributed by atoms with Gasteiger partial charge in [0, 0.05) is 43.5 Å². The number of aromatic carboxylic acids is 1. The summed E-state index contributed by atoms with van der Waals surface area (Å²) in [5.74, 6) is 1.63. The zero-order valence-corrected chi connectivity index (χ0v) is 17.8. The van der Waals surface area contributed by atoms with Crippen molar-refractivity contribution in [1.29, 1.82) is 0 Å². The molecule has 0 aromatic carbocycles. The average Bonchev–Trinajstić information content (AvgIpc) is 3.66. The minimum atomic E-state index is -1.22. The fraction of sp³-hybridized carbons (Fsp3) is 0.522. The molecule has 0 radical (unpaired) electrons. The molecule has 2 aromatic heterocycles. The minimum absolute atomic E-state index is 0.0343. The van der Waals surface area contributed by atoms with E-state index in [0.29, 0.717) is 34.1 Å². The van der Waals surface area contributed by atoms with Crippen molar-refractivity contribution in [1.82, 2.24) is 9.55 Å². The van der Waals surface area contributed by atoms with Gasteiger partial charge in [0.25, 0.3) is 0 Å². The van der Waals surface area contributed by atoms with Crippen LogP contribution in [-0.2, 0) is 0 Å². The summed E-state index contributed by atoms with van der Waals surface area (Å²) in [6.45, 7) is 1.64. The fourth-order valence-electron chi connectivity index (χ4n) is 5.68. The van der Waals surface area contributed by atoms with Gasteiger partial charge in [-0.05, 0) is 43.4 Å². The molecule has 6 rings (SSSR count). The first kappa shape index (κ1) is 19.3. The van der Waals surface area contributed by atoms with Crippen molar-refractivity contribution in [2.24, 2.45) is 29.4 Å². The maximum absolute atomic E-state index is 12.8. The van der Waals surface area contributed by atoms with Crippen LogP contribution in [0.5, 0.6) is 0 Å². The van der Waals surface area contributed by atoms with E-state index in [0.717, 1.165) is 31.8 Å². The first-order chi connectivity index (χ1) is 14.9. The summed E-state index contributed by atoms with van der Waals surface area (Å²) in [7, 11) is 0. The van der Waals surface area contributed by atoms with Crippen LogP contribution < -0.4 is 16.1 Å². The smallest absolute Gasteiger partial charge is 0.341 e. The standard InChI is InChI=1S/C23H25ClN4O3/c24-19-20-14(21(29)17(23(30)31)10-28(20)12-3-4-12)7-26-22(19)27-8-15-13(11-1-2-11)5-6-18(25)16(15)9-27/h5-7,10-13,15-16,18H,1-4,8-9,25H2,(H,30,31)/t13-,15+,16+,18-/m1/s1. The molecule has 3 heterocycles. The first-order valence-electron chi connectivity index (χ1n) is 11.1. The minimum Gasteiger partial charge on any atom is -0.477 e. The van der Waals surface area contributed by atoms with Gasteiger partial charge in [-0.25, -0.2) is 9.78 Å². The number of pyridine rings is 2. The van der Waals surface area contributed by atoms with E-state index in [2.05, 4.69) is 22.0 Å². The highest BCUT2D eigenvalue weighted by atomic mass is 35.5. The van der Waals surface area contributed by atoms with Crippen molar-refractivity contribution in [3.63, 3.8) is 0 Å². The number of hydrogen-bond acceptors (Lipinski definition) is 5. The van der Waals surface area contributed by atoms with Gasteiger partial charge in [0.2, 0.25) is 5.43 Å². The van der Waals surface area contributed by atoms with Gasteiger partial charge in [0.15, 0.2) is 0 Å². The van der Waals surface area contributed by atoms with Crippen molar-refractivity contribution in [2.45, 2.75) is 37.8 Å². The Bertz CT molecular complexity index is 1180. The first-order valence-corrected chi connectivity index (χ1v) is 11.5. The Hall–Kier alpha value is -2.38. The summed E-state index contributed by atoms with van der Waals surface area (Å²) in [5, 5.41) is 10.2. The number of carboxylic acids is 1. The van der Waals surface area contributed by atoms with Crippen LogP contribution >= 0.6 is 11.6 Å². The van der Waals surface area contributed by atoms with Crippen molar-refractivity contribution in [3.05, 3.63) is 45.4 Å². The number of carboxylic acid groups (broad SMARTS) is 1. The second-order valence-corrected chi connectivity index (χ2v) is 9.96. The second kappa shape index (κ2) is 6.81. The molecular formula is C23H25ClN4O3. The summed E-state index contributed by atoms with van der Waals surface area (Å²) >= 11 is 6.89. The van der Waals surface area contributed by atoms with E-state index >= 15 is 0 Å². The van der Waals surface area contributed by atoms with Gasteiger partial charge in [0.05, 0.1) is 10.9 Å². The highest BCUT2D eigenvalue weighted by molar-refractivity contribution is 6.37. The molecular weight excluding hydrogens is 416 g/mol. The number of hydrogen-bond donors (Lipinski definition) is 2. The molecule has 8 heteroatoms. The lowest BCUT2D eigenvalue weighted by Gasteiger charge is -2.32. The van der Waals surface area contributed by atoms with Crippen LogP contribution in [0.4, 0.5) is 5.82 Å². The van der Waals surface area contributed by atoms with Crippen LogP contribution in [0.1, 0.15) is 42.1 Å². The van der Waals surface area contributed by atoms with E-state index in [-0.39, 0.29) is 23.0 Å². The van der Waals surface area contributed by atoms with Crippen LogP contribution in [0.15, 0.2) is 29.3 Å². The third kappa shape index (κ3) is 3.01. The SMILES string of the molecule is N[C@@H]1C=C[C@H](C2CC2)[C@@H]2CN(c3ncc4c(=O)c(C(=O)O)cn(C5CC5)c4c3Cl)C[C@@H]21. The molecule has 0 spiro atoms. The molecule has 3 fully saturated rings. The zero-order chi connectivity index (χ0) is 21.4. The molecule has 4 aliphatic rings. The third-order valence-electron chi connectivity index (χ3n) is 7.58. The normalized spacial score (nSPS) is 30.1. The van der Waals surface area contributed by atoms with Gasteiger partial charge in [-0.1, -0.05) is 23.8 Å². The summed E-state index contributed by atoms with van der Waals surface area (Å²) in [6.07, 6.45) is 11.9. The van der Waals surface area contributed by atoms with Crippen LogP contribution in [0.3, 0.4) is 0 Å². The van der Waals surface area contributed by atoms with Gasteiger partial charge >= 0.3 is 5.97 Å². The molecule has 0 amide bonds. The maximum Gasteiger partial charge on any atom is 0.341 e. The number of nitrogens with zero attached hydrogens (tertiary/aromatic N) is 3. The Balaban J connectivity index is 1.44. The molecule has 31 heavy (non-hydrogen) atoms. The number of fused-ring (bicyclic) bond motifs is 2. The number of allylic oxidation sites excluding steroid dienone is 1. The second-order valence-electron chi connectivity index (χ2n) is 9.58. The maximum atomic E-state index is 12.8. The Morgan fingerprint density at radius 1 is 1.16 bits per heavy atom. The van der Waals surface area contributed by atoms with E-state index in [9.17, 15) is 14.7 Å². The lowest BCUT2D eigenvalue weighted by atomic mass is 9.74. The molecule has 4 atom stereocenters. The van der Waals surface area contributed by atoms with Gasteiger partial charge in [-0.2, -0.15) is 0 Å². The van der Waals surface area contributed by atoms with Crippen LogP contribution in [0, 0.1) is 23.7 Å². The fourth-order valence-corrected chi connectivity index (χ4v) is 6.05. The van der Waals surface area contributed by atoms with Gasteiger partial charge < -0.3 is 20.3 Å². The van der Waals surface area contributed by atoms with Gasteiger partial charge in [-0.15, -0.1) is 0 Å². The predicted molar refractivity (Wildman–Crippen MR) is 119 cm³/mol. The molecule has 1 aliphatic heterocycles. The van der Waals surface area contributed by atoms with Crippen LogP contribution in [0.2, 0.25) is 5.02 Å². The predicted octanol–water partition coefficient (Wildman–Crippen LogP) is 3.06. The van der Waals surface area contributed by atoms with Gasteiger partial charge in [0.1, 0.15) is 16.4 Å². The molecule has 3 N–H and O–H groups in total. The van der Waals surface area contributed by atoms with E-state index in [1.807, 2.05) is 4.57 Å². The summed E-state index contributed by atoms with van der Waals surface area (Å²) < 4.78 is 1.87. The molecule has 2 saturated carbocycles. The Morgan fingerprint density at radius 2 is 1.90 bits per heavy atom. The highest BCUT2D eigenvalue weighted by Gasteiger charge is 2.47. The molecule has 0 unspecified atom stereocenters. The quantitative estimate of drug-likeness (QED) is 0.708. The van der Waals surface area contributed by atoms with Crippen LogP contribution in [0.25, 0.3) is 10.9 Å². The van der Waals surface area contributed by atoms with Crippen molar-refractivity contribution in [2.75, 3.05) is 18.0 Å². The number of carbonyl (C=O) groups is 1. The Morgan fingerprint density at radius 3 is 2.58 bits per heavy atom. The Kier molecular flexibility index (Phi) is 4.24. The molecule has 7 nitrogen and oxygen atoms in total. The average molecular weight is 441 g/mol. The largest absolute Gasteiger partial charge is 0.477 e. The summed E-state index contributed by atoms with van der Waals surface area (Å²) in [6, 6.07) is 0.207. The topological polar surface area (TPSA) is 101 Å². The van der Waals surface area contributed by atoms with Crippen molar-refractivity contribution >= 4 is 34.3 Å². The Labute approximate surface area is 184 Å². The molecule has 3 aliphatic carbocycles. The summed E-state index contributed by atoms with van der Waals surface area (Å²) in [5.41, 5.74) is 6.27. The van der Waals surface area contributed by atoms with E-state index in [4.69, 9.17) is 17.3 Å². The molecule has 1 saturated heterocycles. The number of nitrogens with two attached hydrogens (primary N) is 1. The summed E-state index contributed by atoms with van der Waals surface area (Å²) in [4.78, 5) is 31.2. The van der Waals surface area contributed by atoms with E-state index < -0.39 is 11.4 Å². The zero-order valence-electron chi connectivity index (χ0n) is 17.1. The molecule has 2 aromatic rings. The van der Waals surface area contributed by atoms with E-state index in [1.165, 1.54) is 25.2 Å².